The van der Waals surface area contributed by atoms with Crippen LogP contribution in [0.4, 0.5) is 0 Å². The van der Waals surface area contributed by atoms with Crippen LogP contribution in [0.25, 0.3) is 0 Å². The highest BCUT2D eigenvalue weighted by Crippen LogP contribution is 2.26. The number of rotatable bonds is 20. The van der Waals surface area contributed by atoms with Gasteiger partial charge in [0.15, 0.2) is 0 Å². The number of carbonyl (C=O) groups excluding carboxylic acids is 11. The molecule has 16 N–H and O–H groups in total. The van der Waals surface area contributed by atoms with E-state index in [1.807, 2.05) is 13.8 Å². The molecule has 26 heteroatoms. The van der Waals surface area contributed by atoms with Crippen LogP contribution < -0.4 is 65.5 Å². The molecule has 71 heavy (non-hydrogen) atoms. The number of nitrogens with zero attached hydrogens (tertiary/aromatic N) is 1. The maximum atomic E-state index is 14.6. The van der Waals surface area contributed by atoms with Crippen LogP contribution in [0.1, 0.15) is 84.6 Å². The molecule has 24 nitrogen and oxygen atoms in total. The standard InChI is InChI=1S/C45H71N13O11S2/c1-5-25(4)37-44(68)53-29(15-16-34(47)59)40(64)55-31(20-35(48)60)41(65)56-32(23-71-70-22-27(46)38(62)54-30(42(66)57-37)19-26-11-7-6-8-12-26)45(69)58-18-10-14-33(58)43(67)52-28(13-9-17-50-24(2)3)39(63)51-21-36(49)61/h6-8,11-12,24-25,27-33,37,50H,5,9-10,13-23,46H2,1-4H3,(H2,47,59)(H2,48,60)(H2,49,61)(H,51,63)(H,52,67)(H,53,68)(H,54,62)(H,55,64)(H,56,65)(H,57,66)/t25-,27-,28-,29-,30-,31-,32-,33-,37-/m0/s1. The zero-order valence-corrected chi connectivity index (χ0v) is 42.3. The lowest BCUT2D eigenvalue weighted by molar-refractivity contribution is -0.142. The zero-order valence-electron chi connectivity index (χ0n) is 40.6. The lowest BCUT2D eigenvalue weighted by Gasteiger charge is -2.31. The van der Waals surface area contributed by atoms with Crippen LogP contribution in [0.15, 0.2) is 30.3 Å². The largest absolute Gasteiger partial charge is 0.370 e. The van der Waals surface area contributed by atoms with Crippen molar-refractivity contribution in [2.75, 3.05) is 31.1 Å². The normalized spacial score (nSPS) is 23.9. The molecule has 1 aromatic rings. The minimum atomic E-state index is -1.74. The Labute approximate surface area is 421 Å². The number of primary amides is 3. The number of benzene rings is 1. The topological polar surface area (TPSA) is 391 Å². The summed E-state index contributed by atoms with van der Waals surface area (Å²) in [6, 6.07) is -1.77. The van der Waals surface area contributed by atoms with E-state index < -0.39 is 139 Å². The van der Waals surface area contributed by atoms with Crippen LogP contribution in [0.2, 0.25) is 0 Å². The Morgan fingerprint density at radius 2 is 1.41 bits per heavy atom. The molecule has 0 radical (unpaired) electrons. The second-order valence-corrected chi connectivity index (χ2v) is 20.4. The lowest BCUT2D eigenvalue weighted by Crippen LogP contribution is -2.61. The van der Waals surface area contributed by atoms with Gasteiger partial charge in [0.25, 0.3) is 0 Å². The van der Waals surface area contributed by atoms with Crippen molar-refractivity contribution < 1.29 is 52.7 Å². The van der Waals surface area contributed by atoms with E-state index >= 15 is 0 Å². The predicted molar refractivity (Wildman–Crippen MR) is 266 cm³/mol. The molecule has 2 saturated heterocycles. The quantitative estimate of drug-likeness (QED) is 0.0444. The van der Waals surface area contributed by atoms with Gasteiger partial charge in [0.1, 0.15) is 42.3 Å². The van der Waals surface area contributed by atoms with Gasteiger partial charge in [-0.3, -0.25) is 52.7 Å². The summed E-state index contributed by atoms with van der Waals surface area (Å²) in [6.07, 6.45) is -0.0498. The van der Waals surface area contributed by atoms with Gasteiger partial charge >= 0.3 is 0 Å². The molecule has 2 aliphatic rings. The Morgan fingerprint density at radius 1 is 0.775 bits per heavy atom. The molecule has 9 atom stereocenters. The number of hydrogen-bond donors (Lipinski definition) is 12. The second-order valence-electron chi connectivity index (χ2n) is 17.8. The van der Waals surface area contributed by atoms with Crippen LogP contribution in [0, 0.1) is 5.92 Å². The minimum absolute atomic E-state index is 0.00466. The highest BCUT2D eigenvalue weighted by atomic mass is 33.1. The van der Waals surface area contributed by atoms with Crippen molar-refractivity contribution in [1.82, 2.24) is 47.4 Å². The van der Waals surface area contributed by atoms with Crippen LogP contribution in [0.3, 0.4) is 0 Å². The summed E-state index contributed by atoms with van der Waals surface area (Å²) in [4.78, 5) is 149. The van der Waals surface area contributed by atoms with Gasteiger partial charge in [-0.2, -0.15) is 0 Å². The first-order valence-corrected chi connectivity index (χ1v) is 26.1. The third-order valence-corrected chi connectivity index (χ3v) is 14.2. The molecular weight excluding hydrogens is 963 g/mol. The summed E-state index contributed by atoms with van der Waals surface area (Å²) in [6.45, 7) is 7.43. The van der Waals surface area contributed by atoms with E-state index in [2.05, 4.69) is 42.5 Å². The van der Waals surface area contributed by atoms with Gasteiger partial charge in [0.05, 0.1) is 19.0 Å². The van der Waals surface area contributed by atoms with Crippen molar-refractivity contribution in [2.45, 2.75) is 140 Å². The summed E-state index contributed by atoms with van der Waals surface area (Å²) in [5.41, 5.74) is 23.2. The molecule has 2 heterocycles. The van der Waals surface area contributed by atoms with E-state index in [-0.39, 0.29) is 49.8 Å². The summed E-state index contributed by atoms with van der Waals surface area (Å²) in [5.74, 6) is -9.95. The van der Waals surface area contributed by atoms with Gasteiger partial charge < -0.3 is 70.4 Å². The van der Waals surface area contributed by atoms with Gasteiger partial charge in [-0.1, -0.05) is 86.0 Å². The maximum Gasteiger partial charge on any atom is 0.246 e. The minimum Gasteiger partial charge on any atom is -0.370 e. The summed E-state index contributed by atoms with van der Waals surface area (Å²) in [7, 11) is 2.10. The first-order valence-electron chi connectivity index (χ1n) is 23.6. The second kappa shape index (κ2) is 30.0. The number of likely N-dealkylation sites (tertiary alicyclic amines) is 1. The number of nitrogens with one attached hydrogen (secondary N) is 8. The molecule has 394 valence electrons. The third kappa shape index (κ3) is 20.3. The predicted octanol–water partition coefficient (Wildman–Crippen LogP) is -3.58. The van der Waals surface area contributed by atoms with Gasteiger partial charge in [-0.15, -0.1) is 0 Å². The Balaban J connectivity index is 2.03. The maximum absolute atomic E-state index is 14.6. The monoisotopic (exact) mass is 1030 g/mol. The average molecular weight is 1030 g/mol. The molecule has 0 spiro atoms. The molecule has 0 aliphatic carbocycles. The molecule has 2 fully saturated rings. The van der Waals surface area contributed by atoms with Crippen molar-refractivity contribution in [1.29, 1.82) is 0 Å². The Kier molecular flexibility index (Phi) is 25.1. The third-order valence-electron chi connectivity index (χ3n) is 11.7. The van der Waals surface area contributed by atoms with Gasteiger partial charge in [-0.25, -0.2) is 0 Å². The van der Waals surface area contributed by atoms with Crippen molar-refractivity contribution >= 4 is 86.6 Å². The van der Waals surface area contributed by atoms with E-state index in [0.29, 0.717) is 31.4 Å². The summed E-state index contributed by atoms with van der Waals surface area (Å²) < 4.78 is 0. The van der Waals surface area contributed by atoms with Gasteiger partial charge in [-0.05, 0) is 50.1 Å². The van der Waals surface area contributed by atoms with Crippen molar-refractivity contribution in [3.63, 3.8) is 0 Å². The highest BCUT2D eigenvalue weighted by Gasteiger charge is 2.41. The molecule has 0 bridgehead atoms. The zero-order chi connectivity index (χ0) is 52.8. The Hall–Kier alpha value is -5.99. The number of nitrogens with two attached hydrogens (primary N) is 4. The van der Waals surface area contributed by atoms with Crippen LogP contribution in [-0.4, -0.2) is 155 Å². The number of amides is 11. The highest BCUT2D eigenvalue weighted by molar-refractivity contribution is 8.76. The Bertz CT molecular complexity index is 2050. The fourth-order valence-corrected chi connectivity index (χ4v) is 9.87. The fourth-order valence-electron chi connectivity index (χ4n) is 7.59. The molecule has 2 aliphatic heterocycles. The van der Waals surface area contributed by atoms with E-state index in [1.54, 1.807) is 44.2 Å². The van der Waals surface area contributed by atoms with Crippen molar-refractivity contribution in [3.05, 3.63) is 35.9 Å². The van der Waals surface area contributed by atoms with E-state index in [9.17, 15) is 52.7 Å². The molecule has 11 amide bonds. The molecule has 3 rings (SSSR count). The molecule has 0 unspecified atom stereocenters. The Morgan fingerprint density at radius 3 is 2.04 bits per heavy atom. The van der Waals surface area contributed by atoms with Crippen LogP contribution >= 0.6 is 21.6 Å². The van der Waals surface area contributed by atoms with E-state index in [0.717, 1.165) is 21.6 Å². The molecule has 0 aromatic heterocycles. The van der Waals surface area contributed by atoms with E-state index in [4.69, 9.17) is 22.9 Å². The average Bonchev–Trinajstić information content (AvgIpc) is 3.82. The molecule has 0 saturated carbocycles. The van der Waals surface area contributed by atoms with Gasteiger partial charge in [0.2, 0.25) is 65.0 Å². The SMILES string of the molecule is CC[C@H](C)[C@@H]1NC(=O)[C@H](Cc2ccccc2)NC(=O)[C@@H](N)CSSC[C@@H](C(=O)N2CCC[C@H]2C(=O)N[C@@H](CCCNC(C)C)C(=O)NCC(N)=O)NC(=O)[C@H](CC(N)=O)NC(=O)[C@H](CCC(N)=O)NC1=O. The first kappa shape index (κ1) is 59.3. The number of hydrogen-bond acceptors (Lipinski definition) is 15. The van der Waals surface area contributed by atoms with E-state index in [1.165, 1.54) is 4.90 Å². The first-order chi connectivity index (χ1) is 33.6. The van der Waals surface area contributed by atoms with Crippen LogP contribution in [-0.2, 0) is 59.2 Å². The van der Waals surface area contributed by atoms with Crippen molar-refractivity contribution in [3.8, 4) is 0 Å². The lowest BCUT2D eigenvalue weighted by atomic mass is 9.96. The summed E-state index contributed by atoms with van der Waals surface area (Å²) >= 11 is 0. The smallest absolute Gasteiger partial charge is 0.246 e. The van der Waals surface area contributed by atoms with Crippen molar-refractivity contribution in [2.24, 2.45) is 28.9 Å². The van der Waals surface area contributed by atoms with Gasteiger partial charge in [0, 0.05) is 36.9 Å². The number of carbonyl (C=O) groups is 11. The summed E-state index contributed by atoms with van der Waals surface area (Å²) in [5, 5.41) is 21.3. The fraction of sp³-hybridized carbons (Fsp3) is 0.622. The molecule has 1 aromatic carbocycles. The van der Waals surface area contributed by atoms with Crippen LogP contribution in [0.5, 0.6) is 0 Å². The molecular formula is C45H71N13O11S2.